The number of nitrogens with one attached hydrogen (secondary N) is 1. The molecule has 1 aromatic carbocycles. The van der Waals surface area contributed by atoms with Crippen LogP contribution in [0.3, 0.4) is 0 Å². The third-order valence-corrected chi connectivity index (χ3v) is 3.35. The second-order valence-corrected chi connectivity index (χ2v) is 4.92. The van der Waals surface area contributed by atoms with Crippen LogP contribution in [0, 0.1) is 0 Å². The van der Waals surface area contributed by atoms with Crippen molar-refractivity contribution in [3.8, 4) is 5.75 Å². The molecule has 1 heterocycles. The topological polar surface area (TPSA) is 89.5 Å². The molecular weight excluding hydrogens is 270 g/mol. The first-order valence-electron chi connectivity index (χ1n) is 5.36. The number of imide groups is 1. The maximum absolute atomic E-state index is 11.6. The van der Waals surface area contributed by atoms with Crippen molar-refractivity contribution in [3.63, 3.8) is 0 Å². The fourth-order valence-corrected chi connectivity index (χ4v) is 2.27. The molecule has 1 N–H and O–H groups in total. The van der Waals surface area contributed by atoms with Crippen molar-refractivity contribution in [2.75, 3.05) is 0 Å². The van der Waals surface area contributed by atoms with E-state index in [9.17, 15) is 19.2 Å². The normalized spacial score (nSPS) is 18.0. The number of rotatable bonds is 4. The molecule has 19 heavy (non-hydrogen) atoms. The molecule has 2 amide bonds. The van der Waals surface area contributed by atoms with E-state index in [0.29, 0.717) is 11.8 Å². The van der Waals surface area contributed by atoms with Gasteiger partial charge in [0.15, 0.2) is 0 Å². The summed E-state index contributed by atoms with van der Waals surface area (Å²) >= 11 is 0.772. The summed E-state index contributed by atoms with van der Waals surface area (Å²) in [7, 11) is 0. The molecule has 0 radical (unpaired) electrons. The van der Waals surface area contributed by atoms with Crippen LogP contribution in [0.15, 0.2) is 24.3 Å². The summed E-state index contributed by atoms with van der Waals surface area (Å²) in [6, 6.07) is 5.98. The number of thioether (sulfide) groups is 1. The molecule has 0 aliphatic carbocycles. The van der Waals surface area contributed by atoms with Gasteiger partial charge >= 0.3 is 5.97 Å². The molecule has 1 aromatic rings. The highest BCUT2D eigenvalue weighted by atomic mass is 32.2. The molecule has 1 aliphatic rings. The summed E-state index contributed by atoms with van der Waals surface area (Å²) in [6.45, 7) is 0. The zero-order valence-electron chi connectivity index (χ0n) is 9.62. The summed E-state index contributed by atoms with van der Waals surface area (Å²) in [6.07, 6.45) is 0.494. The van der Waals surface area contributed by atoms with Crippen molar-refractivity contribution in [3.05, 3.63) is 29.8 Å². The van der Waals surface area contributed by atoms with Crippen LogP contribution in [0.4, 0.5) is 4.79 Å². The zero-order valence-corrected chi connectivity index (χ0v) is 10.4. The molecule has 2 rings (SSSR count). The molecule has 0 aromatic heterocycles. The molecule has 1 atom stereocenters. The van der Waals surface area contributed by atoms with E-state index in [4.69, 9.17) is 4.74 Å². The van der Waals surface area contributed by atoms with Crippen LogP contribution in [0.5, 0.6) is 5.75 Å². The van der Waals surface area contributed by atoms with E-state index in [0.717, 1.165) is 11.8 Å². The summed E-state index contributed by atoms with van der Waals surface area (Å²) in [5.74, 6) is -0.810. The smallest absolute Gasteiger partial charge is 0.312 e. The molecule has 0 bridgehead atoms. The van der Waals surface area contributed by atoms with Gasteiger partial charge in [0, 0.05) is 5.56 Å². The molecule has 1 fully saturated rings. The third-order valence-electron chi connectivity index (χ3n) is 2.37. The minimum absolute atomic E-state index is 0.183. The first-order chi connectivity index (χ1) is 9.08. The molecule has 6 nitrogen and oxygen atoms in total. The van der Waals surface area contributed by atoms with E-state index >= 15 is 0 Å². The van der Waals surface area contributed by atoms with Gasteiger partial charge in [-0.2, -0.15) is 0 Å². The first kappa shape index (κ1) is 13.3. The number of amides is 2. The van der Waals surface area contributed by atoms with Gasteiger partial charge in [-0.05, 0) is 24.3 Å². The molecule has 0 spiro atoms. The predicted molar refractivity (Wildman–Crippen MR) is 67.0 cm³/mol. The molecule has 0 unspecified atom stereocenters. The van der Waals surface area contributed by atoms with E-state index in [1.165, 1.54) is 24.3 Å². The number of benzene rings is 1. The Kier molecular flexibility index (Phi) is 3.96. The second kappa shape index (κ2) is 5.66. The standard InChI is InChI=1S/C12H9NO5S/c14-6-7-1-3-8(4-2-7)18-10(15)5-9-11(16)13-12(17)19-9/h1-4,6,9H,5H2,(H,13,16,17)/t9-/m0/s1. The number of hydrogen-bond donors (Lipinski definition) is 1. The quantitative estimate of drug-likeness (QED) is 0.505. The second-order valence-electron chi connectivity index (χ2n) is 3.75. The van der Waals surface area contributed by atoms with Gasteiger partial charge in [0.05, 0.1) is 6.42 Å². The van der Waals surface area contributed by atoms with Crippen molar-refractivity contribution >= 4 is 35.2 Å². The highest BCUT2D eigenvalue weighted by Crippen LogP contribution is 2.22. The first-order valence-corrected chi connectivity index (χ1v) is 6.24. The number of carbonyl (C=O) groups is 4. The lowest BCUT2D eigenvalue weighted by Crippen LogP contribution is -2.27. The van der Waals surface area contributed by atoms with Crippen molar-refractivity contribution in [1.29, 1.82) is 0 Å². The maximum Gasteiger partial charge on any atom is 0.312 e. The van der Waals surface area contributed by atoms with Crippen molar-refractivity contribution in [2.45, 2.75) is 11.7 Å². The van der Waals surface area contributed by atoms with Gasteiger partial charge in [-0.3, -0.25) is 24.5 Å². The summed E-state index contributed by atoms with van der Waals surface area (Å²) in [5.41, 5.74) is 0.469. The average molecular weight is 279 g/mol. The molecule has 7 heteroatoms. The number of hydrogen-bond acceptors (Lipinski definition) is 6. The Morgan fingerprint density at radius 3 is 2.53 bits per heavy atom. The van der Waals surface area contributed by atoms with E-state index in [2.05, 4.69) is 5.32 Å². The van der Waals surface area contributed by atoms with Gasteiger partial charge in [-0.15, -0.1) is 0 Å². The number of esters is 1. The lowest BCUT2D eigenvalue weighted by atomic mass is 10.2. The van der Waals surface area contributed by atoms with Gasteiger partial charge in [0.1, 0.15) is 17.3 Å². The minimum atomic E-state index is -0.741. The highest BCUT2D eigenvalue weighted by Gasteiger charge is 2.33. The van der Waals surface area contributed by atoms with E-state index in [1.807, 2.05) is 0 Å². The molecule has 98 valence electrons. The fraction of sp³-hybridized carbons (Fsp3) is 0.167. The van der Waals surface area contributed by atoms with Crippen LogP contribution in [-0.2, 0) is 9.59 Å². The Morgan fingerprint density at radius 2 is 2.00 bits per heavy atom. The van der Waals surface area contributed by atoms with Gasteiger partial charge in [-0.25, -0.2) is 0 Å². The molecule has 1 saturated heterocycles. The van der Waals surface area contributed by atoms with Crippen LogP contribution >= 0.6 is 11.8 Å². The number of aldehydes is 1. The van der Waals surface area contributed by atoms with Crippen molar-refractivity contribution in [1.82, 2.24) is 5.32 Å². The molecule has 0 saturated carbocycles. The Hall–Kier alpha value is -2.15. The number of carbonyl (C=O) groups excluding carboxylic acids is 4. The summed E-state index contributed by atoms with van der Waals surface area (Å²) in [5, 5.41) is 0.888. The SMILES string of the molecule is O=Cc1ccc(OC(=O)C[C@@H]2SC(=O)NC2=O)cc1. The zero-order chi connectivity index (χ0) is 13.8. The van der Waals surface area contributed by atoms with Gasteiger partial charge < -0.3 is 4.74 Å². The summed E-state index contributed by atoms with van der Waals surface area (Å²) < 4.78 is 5.00. The molecular formula is C12H9NO5S. The fourth-order valence-electron chi connectivity index (χ4n) is 1.47. The predicted octanol–water partition coefficient (Wildman–Crippen LogP) is 1.15. The van der Waals surface area contributed by atoms with Crippen LogP contribution in [0.2, 0.25) is 0 Å². The Balaban J connectivity index is 1.92. The lowest BCUT2D eigenvalue weighted by Gasteiger charge is -2.06. The van der Waals surface area contributed by atoms with Crippen LogP contribution < -0.4 is 10.1 Å². The summed E-state index contributed by atoms with van der Waals surface area (Å²) in [4.78, 5) is 44.2. The lowest BCUT2D eigenvalue weighted by molar-refractivity contribution is -0.135. The Labute approximate surface area is 112 Å². The monoisotopic (exact) mass is 279 g/mol. The average Bonchev–Trinajstić information content (AvgIpc) is 2.68. The highest BCUT2D eigenvalue weighted by molar-refractivity contribution is 8.15. The van der Waals surface area contributed by atoms with Crippen LogP contribution in [0.1, 0.15) is 16.8 Å². The van der Waals surface area contributed by atoms with Crippen LogP contribution in [-0.4, -0.2) is 28.7 Å². The van der Waals surface area contributed by atoms with E-state index in [1.54, 1.807) is 0 Å². The molecule has 1 aliphatic heterocycles. The van der Waals surface area contributed by atoms with Gasteiger partial charge in [0.2, 0.25) is 5.91 Å². The Morgan fingerprint density at radius 1 is 1.32 bits per heavy atom. The largest absolute Gasteiger partial charge is 0.426 e. The minimum Gasteiger partial charge on any atom is -0.426 e. The number of ether oxygens (including phenoxy) is 1. The van der Waals surface area contributed by atoms with Crippen LogP contribution in [0.25, 0.3) is 0 Å². The van der Waals surface area contributed by atoms with Gasteiger partial charge in [-0.1, -0.05) is 11.8 Å². The van der Waals surface area contributed by atoms with Gasteiger partial charge in [0.25, 0.3) is 5.24 Å². The van der Waals surface area contributed by atoms with E-state index in [-0.39, 0.29) is 12.2 Å². The maximum atomic E-state index is 11.6. The van der Waals surface area contributed by atoms with Crippen molar-refractivity contribution in [2.24, 2.45) is 0 Å². The Bertz CT molecular complexity index is 540. The van der Waals surface area contributed by atoms with E-state index < -0.39 is 22.4 Å². The van der Waals surface area contributed by atoms with Crippen molar-refractivity contribution < 1.29 is 23.9 Å². The third kappa shape index (κ3) is 3.41.